The van der Waals surface area contributed by atoms with Crippen LogP contribution in [0.15, 0.2) is 51.3 Å². The maximum absolute atomic E-state index is 10.7. The third-order valence-corrected chi connectivity index (χ3v) is 7.04. The SMILES string of the molecule is CCc1cc(C2CCN(CC(O)COc3cccc4oc(-c5nnc(C)o5)cc34)CC2)ccc1Cl. The molecule has 184 valence electrons. The van der Waals surface area contributed by atoms with E-state index in [4.69, 9.17) is 25.2 Å². The molecule has 1 aliphatic rings. The quantitative estimate of drug-likeness (QED) is 0.339. The molecule has 5 rings (SSSR count). The van der Waals surface area contributed by atoms with Gasteiger partial charge in [0.05, 0.1) is 5.39 Å². The smallest absolute Gasteiger partial charge is 0.283 e. The number of aliphatic hydroxyl groups is 1. The number of aliphatic hydroxyl groups excluding tert-OH is 1. The molecule has 0 radical (unpaired) electrons. The fraction of sp³-hybridized carbons (Fsp3) is 0.407. The fourth-order valence-electron chi connectivity index (χ4n) is 4.77. The number of fused-ring (bicyclic) bond motifs is 1. The van der Waals surface area contributed by atoms with Gasteiger partial charge in [-0.1, -0.05) is 36.7 Å². The Morgan fingerprint density at radius 2 is 1.97 bits per heavy atom. The number of furan rings is 1. The number of piperidine rings is 1. The molecular formula is C27H30ClN3O4. The average molecular weight is 496 g/mol. The molecule has 2 aromatic heterocycles. The number of aromatic nitrogens is 2. The van der Waals surface area contributed by atoms with Gasteiger partial charge in [-0.05, 0) is 67.6 Å². The second-order valence-electron chi connectivity index (χ2n) is 9.15. The van der Waals surface area contributed by atoms with Crippen molar-refractivity contribution in [3.63, 3.8) is 0 Å². The van der Waals surface area contributed by atoms with Gasteiger partial charge in [0.1, 0.15) is 24.0 Å². The lowest BCUT2D eigenvalue weighted by Gasteiger charge is -2.33. The van der Waals surface area contributed by atoms with Crippen LogP contribution in [0.1, 0.15) is 42.7 Å². The van der Waals surface area contributed by atoms with E-state index in [-0.39, 0.29) is 6.61 Å². The zero-order valence-electron chi connectivity index (χ0n) is 20.0. The summed E-state index contributed by atoms with van der Waals surface area (Å²) in [4.78, 5) is 2.32. The summed E-state index contributed by atoms with van der Waals surface area (Å²) in [5.74, 6) is 2.49. The minimum absolute atomic E-state index is 0.205. The van der Waals surface area contributed by atoms with Crippen molar-refractivity contribution >= 4 is 22.6 Å². The summed E-state index contributed by atoms with van der Waals surface area (Å²) in [7, 11) is 0. The molecule has 1 saturated heterocycles. The normalized spacial score (nSPS) is 16.1. The molecule has 8 heteroatoms. The van der Waals surface area contributed by atoms with Crippen LogP contribution in [0.3, 0.4) is 0 Å². The van der Waals surface area contributed by atoms with Crippen molar-refractivity contribution in [3.05, 3.63) is 64.5 Å². The summed E-state index contributed by atoms with van der Waals surface area (Å²) in [5.41, 5.74) is 3.25. The van der Waals surface area contributed by atoms with Gasteiger partial charge in [0.15, 0.2) is 5.76 Å². The van der Waals surface area contributed by atoms with Crippen LogP contribution in [0.2, 0.25) is 5.02 Å². The highest BCUT2D eigenvalue weighted by Crippen LogP contribution is 2.33. The summed E-state index contributed by atoms with van der Waals surface area (Å²) < 4.78 is 17.3. The number of aryl methyl sites for hydroxylation is 2. The van der Waals surface area contributed by atoms with E-state index < -0.39 is 6.10 Å². The minimum Gasteiger partial charge on any atom is -0.490 e. The van der Waals surface area contributed by atoms with Gasteiger partial charge in [0.25, 0.3) is 5.89 Å². The van der Waals surface area contributed by atoms with E-state index in [9.17, 15) is 5.11 Å². The lowest BCUT2D eigenvalue weighted by atomic mass is 9.88. The molecule has 4 aromatic rings. The summed E-state index contributed by atoms with van der Waals surface area (Å²) in [6, 6.07) is 13.9. The first-order valence-corrected chi connectivity index (χ1v) is 12.5. The molecule has 0 aliphatic carbocycles. The lowest BCUT2D eigenvalue weighted by Crippen LogP contribution is -2.40. The first-order chi connectivity index (χ1) is 17.0. The standard InChI is InChI=1S/C27H30ClN3O4/c1-3-18-13-20(7-8-23(18)28)19-9-11-31(12-10-19)15-21(32)16-33-24-5-4-6-25-22(24)14-26(35-25)27-30-29-17(2)34-27/h4-8,13-14,19,21,32H,3,9-12,15-16H2,1-2H3. The number of rotatable bonds is 8. The van der Waals surface area contributed by atoms with Crippen molar-refractivity contribution in [2.45, 2.75) is 45.1 Å². The second-order valence-corrected chi connectivity index (χ2v) is 9.56. The first-order valence-electron chi connectivity index (χ1n) is 12.1. The molecule has 0 saturated carbocycles. The molecule has 7 nitrogen and oxygen atoms in total. The highest BCUT2D eigenvalue weighted by Gasteiger charge is 2.23. The largest absolute Gasteiger partial charge is 0.490 e. The van der Waals surface area contributed by atoms with Crippen molar-refractivity contribution in [1.82, 2.24) is 15.1 Å². The number of ether oxygens (including phenoxy) is 1. The number of β-amino-alcohol motifs (C(OH)–C–C–N with tert-alkyl or cyclic N) is 1. The van der Waals surface area contributed by atoms with Crippen LogP contribution in [0.25, 0.3) is 22.6 Å². The molecule has 0 bridgehead atoms. The molecule has 0 spiro atoms. The predicted molar refractivity (Wildman–Crippen MR) is 135 cm³/mol. The van der Waals surface area contributed by atoms with Gasteiger partial charge in [0, 0.05) is 24.6 Å². The Bertz CT molecular complexity index is 1290. The third kappa shape index (κ3) is 5.37. The average Bonchev–Trinajstić information content (AvgIpc) is 3.50. The van der Waals surface area contributed by atoms with Gasteiger partial charge in [-0.2, -0.15) is 0 Å². The van der Waals surface area contributed by atoms with Gasteiger partial charge in [-0.15, -0.1) is 10.2 Å². The van der Waals surface area contributed by atoms with Gasteiger partial charge < -0.3 is 23.6 Å². The van der Waals surface area contributed by atoms with Gasteiger partial charge in [-0.25, -0.2) is 0 Å². The van der Waals surface area contributed by atoms with E-state index in [1.165, 1.54) is 11.1 Å². The minimum atomic E-state index is -0.589. The van der Waals surface area contributed by atoms with Gasteiger partial charge in [0.2, 0.25) is 5.89 Å². The third-order valence-electron chi connectivity index (χ3n) is 6.67. The topological polar surface area (TPSA) is 84.8 Å². The van der Waals surface area contributed by atoms with Crippen LogP contribution < -0.4 is 4.74 Å². The van der Waals surface area contributed by atoms with Crippen molar-refractivity contribution in [2.75, 3.05) is 26.2 Å². The molecule has 3 heterocycles. The molecule has 1 atom stereocenters. The maximum Gasteiger partial charge on any atom is 0.283 e. The number of hydrogen-bond acceptors (Lipinski definition) is 7. The Labute approximate surface area is 209 Å². The Kier molecular flexibility index (Phi) is 7.09. The summed E-state index contributed by atoms with van der Waals surface area (Å²) >= 11 is 6.29. The van der Waals surface area contributed by atoms with Crippen molar-refractivity contribution in [2.24, 2.45) is 0 Å². The fourth-order valence-corrected chi connectivity index (χ4v) is 5.02. The van der Waals surface area contributed by atoms with Crippen molar-refractivity contribution < 1.29 is 18.7 Å². The zero-order valence-corrected chi connectivity index (χ0v) is 20.8. The van der Waals surface area contributed by atoms with Gasteiger partial charge >= 0.3 is 0 Å². The summed E-state index contributed by atoms with van der Waals surface area (Å²) in [6.07, 6.45) is 2.51. The molecule has 2 aromatic carbocycles. The first kappa shape index (κ1) is 23.9. The molecule has 0 amide bonds. The summed E-state index contributed by atoms with van der Waals surface area (Å²) in [6.45, 7) is 6.57. The Balaban J connectivity index is 1.15. The maximum atomic E-state index is 10.7. The Hall–Kier alpha value is -2.87. The lowest BCUT2D eigenvalue weighted by molar-refractivity contribution is 0.0599. The van der Waals surface area contributed by atoms with E-state index in [0.29, 0.717) is 41.3 Å². The van der Waals surface area contributed by atoms with Crippen LogP contribution in [0.5, 0.6) is 5.75 Å². The van der Waals surface area contributed by atoms with E-state index in [1.807, 2.05) is 30.3 Å². The van der Waals surface area contributed by atoms with Gasteiger partial charge in [-0.3, -0.25) is 0 Å². The zero-order chi connectivity index (χ0) is 24.4. The van der Waals surface area contributed by atoms with E-state index in [1.54, 1.807) is 6.92 Å². The summed E-state index contributed by atoms with van der Waals surface area (Å²) in [5, 5.41) is 20.2. The predicted octanol–water partition coefficient (Wildman–Crippen LogP) is 5.63. The molecule has 1 fully saturated rings. The molecule has 1 N–H and O–H groups in total. The van der Waals surface area contributed by atoms with Crippen LogP contribution in [0, 0.1) is 6.92 Å². The van der Waals surface area contributed by atoms with Crippen LogP contribution >= 0.6 is 11.6 Å². The molecule has 1 aliphatic heterocycles. The highest BCUT2D eigenvalue weighted by atomic mass is 35.5. The number of nitrogens with zero attached hydrogens (tertiary/aromatic N) is 3. The van der Waals surface area contributed by atoms with Crippen molar-refractivity contribution in [1.29, 1.82) is 0 Å². The number of likely N-dealkylation sites (tertiary alicyclic amines) is 1. The molecular weight excluding hydrogens is 466 g/mol. The van der Waals surface area contributed by atoms with E-state index in [2.05, 4.69) is 34.2 Å². The van der Waals surface area contributed by atoms with Crippen LogP contribution in [-0.2, 0) is 6.42 Å². The van der Waals surface area contributed by atoms with E-state index >= 15 is 0 Å². The number of hydrogen-bond donors (Lipinski definition) is 1. The Morgan fingerprint density at radius 1 is 1.14 bits per heavy atom. The number of benzene rings is 2. The number of halogens is 1. The monoisotopic (exact) mass is 495 g/mol. The second kappa shape index (κ2) is 10.4. The molecule has 1 unspecified atom stereocenters. The van der Waals surface area contributed by atoms with E-state index in [0.717, 1.165) is 42.8 Å². The molecule has 35 heavy (non-hydrogen) atoms. The highest BCUT2D eigenvalue weighted by molar-refractivity contribution is 6.31. The van der Waals surface area contributed by atoms with Crippen LogP contribution in [0.4, 0.5) is 0 Å². The Morgan fingerprint density at radius 3 is 2.71 bits per heavy atom. The van der Waals surface area contributed by atoms with Crippen LogP contribution in [-0.4, -0.2) is 52.5 Å². The van der Waals surface area contributed by atoms with Crippen molar-refractivity contribution in [3.8, 4) is 17.4 Å².